The highest BCUT2D eigenvalue weighted by Gasteiger charge is 2.02. The number of nitrogens with one attached hydrogen (secondary N) is 1. The van der Waals surface area contributed by atoms with Crippen molar-refractivity contribution in [3.8, 4) is 6.07 Å². The van der Waals surface area contributed by atoms with Crippen molar-refractivity contribution in [2.45, 2.75) is 6.42 Å². The quantitative estimate of drug-likeness (QED) is 0.673. The Morgan fingerprint density at radius 3 is 3.25 bits per heavy atom. The molecule has 2 aromatic heterocycles. The first kappa shape index (κ1) is 6.80. The molecule has 0 saturated carbocycles. The maximum Gasteiger partial charge on any atom is 0.140 e. The summed E-state index contributed by atoms with van der Waals surface area (Å²) in [7, 11) is 0. The van der Waals surface area contributed by atoms with Gasteiger partial charge >= 0.3 is 0 Å². The van der Waals surface area contributed by atoms with Crippen molar-refractivity contribution in [2.75, 3.05) is 0 Å². The second kappa shape index (κ2) is 2.62. The van der Waals surface area contributed by atoms with Crippen molar-refractivity contribution < 1.29 is 0 Å². The van der Waals surface area contributed by atoms with Crippen LogP contribution in [0.25, 0.3) is 11.0 Å². The molecule has 0 fully saturated rings. The SMILES string of the molecule is N#CCc1ncnc2[nH]ccc12. The third-order valence-corrected chi connectivity index (χ3v) is 1.68. The third kappa shape index (κ3) is 0.920. The molecule has 2 aromatic rings. The summed E-state index contributed by atoms with van der Waals surface area (Å²) in [6, 6.07) is 3.94. The molecule has 0 aliphatic carbocycles. The third-order valence-electron chi connectivity index (χ3n) is 1.68. The van der Waals surface area contributed by atoms with Crippen molar-refractivity contribution in [2.24, 2.45) is 0 Å². The standard InChI is InChI=1S/C8H6N4/c9-3-1-7-6-2-4-10-8(6)12-5-11-7/h2,4-5H,1H2,(H,10,11,12). The monoisotopic (exact) mass is 158 g/mol. The first-order valence-electron chi connectivity index (χ1n) is 3.56. The van der Waals surface area contributed by atoms with Crippen LogP contribution in [0.4, 0.5) is 0 Å². The Labute approximate surface area is 68.9 Å². The number of fused-ring (bicyclic) bond motifs is 1. The smallest absolute Gasteiger partial charge is 0.140 e. The summed E-state index contributed by atoms with van der Waals surface area (Å²) >= 11 is 0. The zero-order valence-corrected chi connectivity index (χ0v) is 6.28. The van der Waals surface area contributed by atoms with Crippen LogP contribution in [0.3, 0.4) is 0 Å². The zero-order valence-electron chi connectivity index (χ0n) is 6.28. The Morgan fingerprint density at radius 2 is 2.42 bits per heavy atom. The molecule has 0 aromatic carbocycles. The molecule has 0 bridgehead atoms. The molecule has 0 amide bonds. The van der Waals surface area contributed by atoms with Crippen LogP contribution in [-0.2, 0) is 6.42 Å². The summed E-state index contributed by atoms with van der Waals surface area (Å²) in [5.41, 5.74) is 1.57. The Balaban J connectivity index is 2.67. The van der Waals surface area contributed by atoms with E-state index in [1.54, 1.807) is 6.20 Å². The number of aromatic amines is 1. The molecule has 0 radical (unpaired) electrons. The van der Waals surface area contributed by atoms with E-state index in [0.29, 0.717) is 6.42 Å². The summed E-state index contributed by atoms with van der Waals surface area (Å²) in [6.07, 6.45) is 3.59. The molecule has 2 heterocycles. The number of nitriles is 1. The Hall–Kier alpha value is -1.89. The van der Waals surface area contributed by atoms with Crippen molar-refractivity contribution in [3.63, 3.8) is 0 Å². The Kier molecular flexibility index (Phi) is 1.49. The summed E-state index contributed by atoms with van der Waals surface area (Å²) in [5.74, 6) is 0. The minimum atomic E-state index is 0.330. The lowest BCUT2D eigenvalue weighted by molar-refractivity contribution is 1.09. The highest BCUT2D eigenvalue weighted by Crippen LogP contribution is 2.12. The lowest BCUT2D eigenvalue weighted by atomic mass is 10.2. The van der Waals surface area contributed by atoms with E-state index in [1.165, 1.54) is 6.33 Å². The largest absolute Gasteiger partial charge is 0.346 e. The van der Waals surface area contributed by atoms with E-state index in [2.05, 4.69) is 21.0 Å². The van der Waals surface area contributed by atoms with Crippen molar-refractivity contribution in [1.82, 2.24) is 15.0 Å². The van der Waals surface area contributed by atoms with E-state index in [0.717, 1.165) is 16.7 Å². The lowest BCUT2D eigenvalue weighted by Crippen LogP contribution is -1.89. The number of hydrogen-bond acceptors (Lipinski definition) is 3. The van der Waals surface area contributed by atoms with Crippen molar-refractivity contribution >= 4 is 11.0 Å². The predicted octanol–water partition coefficient (Wildman–Crippen LogP) is 1.02. The van der Waals surface area contributed by atoms with E-state index in [9.17, 15) is 0 Å². The first-order valence-corrected chi connectivity index (χ1v) is 3.56. The molecule has 2 rings (SSSR count). The fraction of sp³-hybridized carbons (Fsp3) is 0.125. The number of rotatable bonds is 1. The van der Waals surface area contributed by atoms with Crippen LogP contribution in [0.1, 0.15) is 5.69 Å². The minimum absolute atomic E-state index is 0.330. The van der Waals surface area contributed by atoms with Gasteiger partial charge in [0, 0.05) is 11.6 Å². The van der Waals surface area contributed by atoms with Crippen LogP contribution in [-0.4, -0.2) is 15.0 Å². The van der Waals surface area contributed by atoms with Gasteiger partial charge in [-0.25, -0.2) is 9.97 Å². The first-order chi connectivity index (χ1) is 5.92. The van der Waals surface area contributed by atoms with Crippen LogP contribution in [0.2, 0.25) is 0 Å². The van der Waals surface area contributed by atoms with Crippen LogP contribution < -0.4 is 0 Å². The molecule has 0 aliphatic heterocycles. The molecule has 0 unspecified atom stereocenters. The maximum atomic E-state index is 8.50. The van der Waals surface area contributed by atoms with E-state index in [4.69, 9.17) is 5.26 Å². The number of nitrogens with zero attached hydrogens (tertiary/aromatic N) is 3. The van der Waals surface area contributed by atoms with E-state index in [1.807, 2.05) is 6.07 Å². The highest BCUT2D eigenvalue weighted by atomic mass is 14.9. The van der Waals surface area contributed by atoms with Crippen LogP contribution in [0.5, 0.6) is 0 Å². The van der Waals surface area contributed by atoms with Crippen LogP contribution >= 0.6 is 0 Å². The van der Waals surface area contributed by atoms with Gasteiger partial charge in [-0.1, -0.05) is 0 Å². The molecule has 12 heavy (non-hydrogen) atoms. The van der Waals surface area contributed by atoms with Gasteiger partial charge in [-0.15, -0.1) is 0 Å². The van der Waals surface area contributed by atoms with Crippen molar-refractivity contribution in [3.05, 3.63) is 24.3 Å². The summed E-state index contributed by atoms with van der Waals surface area (Å²) in [4.78, 5) is 11.0. The molecule has 1 N–H and O–H groups in total. The molecule has 58 valence electrons. The molecule has 4 nitrogen and oxygen atoms in total. The van der Waals surface area contributed by atoms with Gasteiger partial charge in [-0.2, -0.15) is 5.26 Å². The van der Waals surface area contributed by atoms with Crippen LogP contribution in [0.15, 0.2) is 18.6 Å². The van der Waals surface area contributed by atoms with Gasteiger partial charge in [0.25, 0.3) is 0 Å². The van der Waals surface area contributed by atoms with Gasteiger partial charge in [0.15, 0.2) is 0 Å². The van der Waals surface area contributed by atoms with Gasteiger partial charge in [0.2, 0.25) is 0 Å². The van der Waals surface area contributed by atoms with Gasteiger partial charge in [0.05, 0.1) is 18.2 Å². The summed E-state index contributed by atoms with van der Waals surface area (Å²) < 4.78 is 0. The second-order valence-corrected chi connectivity index (χ2v) is 2.40. The zero-order chi connectivity index (χ0) is 8.39. The number of H-pyrrole nitrogens is 1. The molecular formula is C8H6N4. The maximum absolute atomic E-state index is 8.50. The van der Waals surface area contributed by atoms with Crippen LogP contribution in [0, 0.1) is 11.3 Å². The minimum Gasteiger partial charge on any atom is -0.346 e. The average Bonchev–Trinajstić information content (AvgIpc) is 2.53. The summed E-state index contributed by atoms with van der Waals surface area (Å²) in [6.45, 7) is 0. The fourth-order valence-corrected chi connectivity index (χ4v) is 1.14. The molecule has 0 spiro atoms. The molecule has 0 aliphatic rings. The number of aromatic nitrogens is 3. The lowest BCUT2D eigenvalue weighted by Gasteiger charge is -1.93. The summed E-state index contributed by atoms with van der Waals surface area (Å²) in [5, 5.41) is 9.43. The van der Waals surface area contributed by atoms with Gasteiger partial charge in [-0.05, 0) is 6.07 Å². The van der Waals surface area contributed by atoms with E-state index < -0.39 is 0 Å². The average molecular weight is 158 g/mol. The molecular weight excluding hydrogens is 152 g/mol. The van der Waals surface area contributed by atoms with Gasteiger partial charge < -0.3 is 4.98 Å². The normalized spacial score (nSPS) is 9.92. The van der Waals surface area contributed by atoms with Crippen molar-refractivity contribution in [1.29, 1.82) is 5.26 Å². The second-order valence-electron chi connectivity index (χ2n) is 2.40. The topological polar surface area (TPSA) is 65.4 Å². The number of hydrogen-bond donors (Lipinski definition) is 1. The molecule has 4 heteroatoms. The highest BCUT2D eigenvalue weighted by molar-refractivity contribution is 5.77. The predicted molar refractivity (Wildman–Crippen MR) is 43.2 cm³/mol. The van der Waals surface area contributed by atoms with E-state index in [-0.39, 0.29) is 0 Å². The fourth-order valence-electron chi connectivity index (χ4n) is 1.14. The van der Waals surface area contributed by atoms with Gasteiger partial charge in [-0.3, -0.25) is 0 Å². The van der Waals surface area contributed by atoms with Gasteiger partial charge in [0.1, 0.15) is 12.0 Å². The molecule has 0 saturated heterocycles. The molecule has 0 atom stereocenters. The Bertz CT molecular complexity index is 437. The Morgan fingerprint density at radius 1 is 1.50 bits per heavy atom. The van der Waals surface area contributed by atoms with E-state index >= 15 is 0 Å².